The number of primary amides is 1. The average molecular weight is 540 g/mol. The van der Waals surface area contributed by atoms with Crippen LogP contribution in [-0.2, 0) is 17.5 Å². The Balaban J connectivity index is 2.48. The monoisotopic (exact) mass is 540 g/mol. The zero-order valence-corrected chi connectivity index (χ0v) is 19.8. The molecule has 2 rings (SSSR count). The van der Waals surface area contributed by atoms with Gasteiger partial charge in [-0.25, -0.2) is 0 Å². The van der Waals surface area contributed by atoms with Crippen LogP contribution in [-0.4, -0.2) is 68.6 Å². The number of alkyl halides is 3. The molecule has 0 bridgehead atoms. The van der Waals surface area contributed by atoms with Crippen molar-refractivity contribution >= 4 is 42.7 Å². The summed E-state index contributed by atoms with van der Waals surface area (Å²) in [4.78, 5) is 35.9. The van der Waals surface area contributed by atoms with E-state index < -0.39 is 72.0 Å². The van der Waals surface area contributed by atoms with Crippen molar-refractivity contribution < 1.29 is 47.8 Å². The normalized spacial score (nSPS) is 12.1. The third-order valence-electron chi connectivity index (χ3n) is 5.64. The summed E-state index contributed by atoms with van der Waals surface area (Å²) in [5, 5.41) is 48.8. The Bertz CT molecular complexity index is 1180. The van der Waals surface area contributed by atoms with Gasteiger partial charge in [0.2, 0.25) is 5.91 Å². The Morgan fingerprint density at radius 3 is 2.18 bits per heavy atom. The smallest absolute Gasteiger partial charge is 0.423 e. The SMILES string of the molecule is NC(=O)[C@@H](N)CCCCN(Cc1ccc(B(O)O)cc1C(F)(F)F)C(=O)c1cc(B(O)O)cc([N+](=O)[O-])c1. The molecule has 0 saturated carbocycles. The number of nitrogens with two attached hydrogens (primary N) is 2. The van der Waals surface area contributed by atoms with Gasteiger partial charge in [0.1, 0.15) is 0 Å². The number of amides is 2. The summed E-state index contributed by atoms with van der Waals surface area (Å²) in [5.74, 6) is -1.71. The molecule has 38 heavy (non-hydrogen) atoms. The fourth-order valence-corrected chi connectivity index (χ4v) is 3.62. The number of nitro benzene ring substituents is 1. The minimum Gasteiger partial charge on any atom is -0.423 e. The summed E-state index contributed by atoms with van der Waals surface area (Å²) < 4.78 is 41.3. The number of carbonyl (C=O) groups is 2. The van der Waals surface area contributed by atoms with Crippen LogP contribution in [0.15, 0.2) is 36.4 Å². The van der Waals surface area contributed by atoms with Crippen LogP contribution in [0, 0.1) is 10.1 Å². The van der Waals surface area contributed by atoms with Crippen LogP contribution >= 0.6 is 0 Å². The molecule has 0 aliphatic rings. The first kappa shape index (κ1) is 30.7. The lowest BCUT2D eigenvalue weighted by Gasteiger charge is -2.25. The Morgan fingerprint density at radius 2 is 1.66 bits per heavy atom. The van der Waals surface area contributed by atoms with Crippen LogP contribution in [0.25, 0.3) is 0 Å². The Labute approximate surface area is 215 Å². The third-order valence-corrected chi connectivity index (χ3v) is 5.64. The fraction of sp³-hybridized carbons (Fsp3) is 0.333. The van der Waals surface area contributed by atoms with Gasteiger partial charge in [-0.3, -0.25) is 19.7 Å². The molecule has 0 aliphatic carbocycles. The van der Waals surface area contributed by atoms with Crippen molar-refractivity contribution in [2.45, 2.75) is 38.0 Å². The van der Waals surface area contributed by atoms with Crippen molar-refractivity contribution in [1.82, 2.24) is 4.90 Å². The van der Waals surface area contributed by atoms with Gasteiger partial charge in [0.25, 0.3) is 11.6 Å². The maximum absolute atomic E-state index is 13.8. The first-order valence-electron chi connectivity index (χ1n) is 11.2. The lowest BCUT2D eigenvalue weighted by atomic mass is 9.78. The Morgan fingerprint density at radius 1 is 1.03 bits per heavy atom. The van der Waals surface area contributed by atoms with E-state index in [0.717, 1.165) is 35.2 Å². The number of rotatable bonds is 12. The predicted octanol–water partition coefficient (Wildman–Crippen LogP) is -1.40. The third kappa shape index (κ3) is 8.26. The van der Waals surface area contributed by atoms with E-state index in [0.29, 0.717) is 6.07 Å². The molecule has 8 N–H and O–H groups in total. The topological polar surface area (TPSA) is 213 Å². The quantitative estimate of drug-likeness (QED) is 0.0807. The number of hydrogen-bond donors (Lipinski definition) is 6. The molecule has 0 fully saturated rings. The van der Waals surface area contributed by atoms with Crippen molar-refractivity contribution in [3.8, 4) is 0 Å². The predicted molar refractivity (Wildman–Crippen MR) is 130 cm³/mol. The summed E-state index contributed by atoms with van der Waals surface area (Å²) >= 11 is 0. The average Bonchev–Trinajstić information content (AvgIpc) is 2.84. The van der Waals surface area contributed by atoms with Crippen molar-refractivity contribution in [2.75, 3.05) is 6.54 Å². The molecule has 2 aromatic rings. The van der Waals surface area contributed by atoms with Gasteiger partial charge in [-0.1, -0.05) is 12.1 Å². The number of carbonyl (C=O) groups excluding carboxylic acids is 2. The number of unbranched alkanes of at least 4 members (excludes halogenated alkanes) is 1. The van der Waals surface area contributed by atoms with Gasteiger partial charge >= 0.3 is 20.4 Å². The van der Waals surface area contributed by atoms with Gasteiger partial charge in [-0.2, -0.15) is 13.2 Å². The van der Waals surface area contributed by atoms with Gasteiger partial charge < -0.3 is 36.5 Å². The maximum Gasteiger partial charge on any atom is 0.488 e. The highest BCUT2D eigenvalue weighted by Crippen LogP contribution is 2.32. The van der Waals surface area contributed by atoms with Gasteiger partial charge in [0, 0.05) is 30.8 Å². The van der Waals surface area contributed by atoms with Crippen LogP contribution in [0.2, 0.25) is 0 Å². The number of benzene rings is 2. The molecule has 204 valence electrons. The molecule has 12 nitrogen and oxygen atoms in total. The van der Waals surface area contributed by atoms with Crippen molar-refractivity contribution in [3.63, 3.8) is 0 Å². The number of halogens is 3. The summed E-state index contributed by atoms with van der Waals surface area (Å²) in [5.41, 5.74) is 7.19. The lowest BCUT2D eigenvalue weighted by molar-refractivity contribution is -0.384. The molecule has 17 heteroatoms. The summed E-state index contributed by atoms with van der Waals surface area (Å²) in [6, 6.07) is 4.21. The highest BCUT2D eigenvalue weighted by molar-refractivity contribution is 6.59. The van der Waals surface area contributed by atoms with Gasteiger partial charge in [0.15, 0.2) is 0 Å². The van der Waals surface area contributed by atoms with Crippen LogP contribution in [0.1, 0.15) is 40.7 Å². The number of non-ortho nitro benzene ring substituents is 1. The minimum absolute atomic E-state index is 0.131. The standard InChI is InChI=1S/C21H25B2F3N4O8/c24-21(25,26)17-10-14(22(33)34)5-4-12(17)11-29(6-2-1-3-18(27)19(28)31)20(32)13-7-15(23(35)36)9-16(8-13)30(37)38/h4-5,7-10,18,33-36H,1-3,6,11,27H2,(H2,28,31)/t18-/m0/s1. The molecule has 0 spiro atoms. The van der Waals surface area contributed by atoms with Crippen molar-refractivity contribution in [3.05, 3.63) is 63.2 Å². The summed E-state index contributed by atoms with van der Waals surface area (Å²) in [7, 11) is -4.34. The second kappa shape index (κ2) is 12.8. The Hall–Kier alpha value is -3.50. The highest BCUT2D eigenvalue weighted by Gasteiger charge is 2.35. The van der Waals surface area contributed by atoms with E-state index in [1.54, 1.807) is 0 Å². The molecule has 0 aliphatic heterocycles. The molecule has 1 atom stereocenters. The van der Waals surface area contributed by atoms with E-state index in [-0.39, 0.29) is 36.8 Å². The molecule has 0 radical (unpaired) electrons. The number of nitrogens with zero attached hydrogens (tertiary/aromatic N) is 2. The highest BCUT2D eigenvalue weighted by atomic mass is 19.4. The molecular weight excluding hydrogens is 515 g/mol. The van der Waals surface area contributed by atoms with E-state index in [4.69, 9.17) is 11.5 Å². The molecule has 0 unspecified atom stereocenters. The summed E-state index contributed by atoms with van der Waals surface area (Å²) in [6.07, 6.45) is -4.38. The van der Waals surface area contributed by atoms with Crippen molar-refractivity contribution in [2.24, 2.45) is 11.5 Å². The van der Waals surface area contributed by atoms with E-state index in [1.807, 2.05) is 0 Å². The second-order valence-corrected chi connectivity index (χ2v) is 8.46. The van der Waals surface area contributed by atoms with Gasteiger partial charge in [-0.05, 0) is 47.9 Å². The van der Waals surface area contributed by atoms with Crippen molar-refractivity contribution in [1.29, 1.82) is 0 Å². The Kier molecular flexibility index (Phi) is 10.4. The van der Waals surface area contributed by atoms with E-state index in [2.05, 4.69) is 0 Å². The fourth-order valence-electron chi connectivity index (χ4n) is 3.62. The van der Waals surface area contributed by atoms with Crippen LogP contribution in [0.5, 0.6) is 0 Å². The minimum atomic E-state index is -4.93. The van der Waals surface area contributed by atoms with Crippen LogP contribution in [0.4, 0.5) is 18.9 Å². The van der Waals surface area contributed by atoms with Crippen LogP contribution < -0.4 is 22.4 Å². The lowest BCUT2D eigenvalue weighted by Crippen LogP contribution is -2.37. The second-order valence-electron chi connectivity index (χ2n) is 8.46. The molecule has 2 amide bonds. The van der Waals surface area contributed by atoms with E-state index in [1.165, 1.54) is 0 Å². The van der Waals surface area contributed by atoms with Gasteiger partial charge in [-0.15, -0.1) is 0 Å². The van der Waals surface area contributed by atoms with Gasteiger partial charge in [0.05, 0.1) is 16.5 Å². The zero-order chi connectivity index (χ0) is 28.8. The van der Waals surface area contributed by atoms with E-state index in [9.17, 15) is 53.0 Å². The molecule has 0 aromatic heterocycles. The number of nitro groups is 1. The summed E-state index contributed by atoms with van der Waals surface area (Å²) in [6.45, 7) is -0.817. The first-order chi connectivity index (χ1) is 17.6. The number of hydrogen-bond acceptors (Lipinski definition) is 9. The molecule has 0 saturated heterocycles. The van der Waals surface area contributed by atoms with Crippen LogP contribution in [0.3, 0.4) is 0 Å². The van der Waals surface area contributed by atoms with E-state index >= 15 is 0 Å². The maximum atomic E-state index is 13.8. The zero-order valence-electron chi connectivity index (χ0n) is 19.8. The molecular formula is C21H25B2F3N4O8. The first-order valence-corrected chi connectivity index (χ1v) is 11.2. The molecule has 0 heterocycles. The largest absolute Gasteiger partial charge is 0.488 e. The molecule has 2 aromatic carbocycles.